The SMILES string of the molecule is O=C(NCCC1CCCCO1)N[C@@H](CO)C(=O)O. The highest BCUT2D eigenvalue weighted by molar-refractivity contribution is 5.82. The van der Waals surface area contributed by atoms with Gasteiger partial charge in [0.05, 0.1) is 12.7 Å². The molecule has 7 heteroatoms. The molecule has 104 valence electrons. The Hall–Kier alpha value is -1.34. The van der Waals surface area contributed by atoms with Gasteiger partial charge >= 0.3 is 12.0 Å². The number of urea groups is 1. The molecule has 0 aromatic carbocycles. The predicted molar refractivity (Wildman–Crippen MR) is 63.3 cm³/mol. The first-order valence-electron chi connectivity index (χ1n) is 6.13. The van der Waals surface area contributed by atoms with Crippen molar-refractivity contribution in [3.63, 3.8) is 0 Å². The van der Waals surface area contributed by atoms with Gasteiger partial charge in [-0.3, -0.25) is 0 Å². The molecular formula is C11H20N2O5. The van der Waals surface area contributed by atoms with Crippen LogP contribution in [-0.4, -0.2) is 54.1 Å². The first-order chi connectivity index (χ1) is 8.63. The van der Waals surface area contributed by atoms with Crippen molar-refractivity contribution >= 4 is 12.0 Å². The normalized spacial score (nSPS) is 21.1. The van der Waals surface area contributed by atoms with Crippen LogP contribution in [0.3, 0.4) is 0 Å². The van der Waals surface area contributed by atoms with E-state index in [4.69, 9.17) is 14.9 Å². The van der Waals surface area contributed by atoms with Gasteiger partial charge in [0.2, 0.25) is 0 Å². The highest BCUT2D eigenvalue weighted by Crippen LogP contribution is 2.14. The maximum Gasteiger partial charge on any atom is 0.328 e. The number of aliphatic hydroxyl groups excluding tert-OH is 1. The molecule has 1 saturated heterocycles. The minimum atomic E-state index is -1.27. The second kappa shape index (κ2) is 7.88. The first-order valence-corrected chi connectivity index (χ1v) is 6.13. The lowest BCUT2D eigenvalue weighted by atomic mass is 10.1. The maximum atomic E-state index is 11.3. The van der Waals surface area contributed by atoms with Gasteiger partial charge in [-0.25, -0.2) is 9.59 Å². The van der Waals surface area contributed by atoms with E-state index < -0.39 is 24.6 Å². The van der Waals surface area contributed by atoms with Crippen LogP contribution in [0.4, 0.5) is 4.79 Å². The van der Waals surface area contributed by atoms with E-state index in [0.29, 0.717) is 13.0 Å². The van der Waals surface area contributed by atoms with Gasteiger partial charge in [0, 0.05) is 13.2 Å². The standard InChI is InChI=1S/C11H20N2O5/c14-7-9(10(15)16)13-11(17)12-5-4-8-3-1-2-6-18-8/h8-9,14H,1-7H2,(H,15,16)(H2,12,13,17)/t8?,9-/m0/s1. The molecular weight excluding hydrogens is 240 g/mol. The van der Waals surface area contributed by atoms with Gasteiger partial charge < -0.3 is 25.6 Å². The Morgan fingerprint density at radius 3 is 2.72 bits per heavy atom. The van der Waals surface area contributed by atoms with Crippen LogP contribution in [0.25, 0.3) is 0 Å². The Kier molecular flexibility index (Phi) is 6.45. The largest absolute Gasteiger partial charge is 0.480 e. The molecule has 2 atom stereocenters. The molecule has 0 saturated carbocycles. The Morgan fingerprint density at radius 1 is 1.39 bits per heavy atom. The van der Waals surface area contributed by atoms with Crippen LogP contribution in [0.15, 0.2) is 0 Å². The number of amides is 2. The summed E-state index contributed by atoms with van der Waals surface area (Å²) in [5.74, 6) is -1.26. The summed E-state index contributed by atoms with van der Waals surface area (Å²) in [6, 6.07) is -1.86. The van der Waals surface area contributed by atoms with Gasteiger partial charge in [0.15, 0.2) is 6.04 Å². The van der Waals surface area contributed by atoms with E-state index in [1.807, 2.05) is 0 Å². The zero-order valence-corrected chi connectivity index (χ0v) is 10.2. The van der Waals surface area contributed by atoms with Crippen molar-refractivity contribution < 1.29 is 24.5 Å². The average molecular weight is 260 g/mol. The number of carbonyl (C=O) groups is 2. The molecule has 18 heavy (non-hydrogen) atoms. The van der Waals surface area contributed by atoms with Crippen LogP contribution in [-0.2, 0) is 9.53 Å². The van der Waals surface area contributed by atoms with Gasteiger partial charge in [-0.05, 0) is 25.7 Å². The molecule has 0 bridgehead atoms. The molecule has 0 aromatic rings. The van der Waals surface area contributed by atoms with E-state index in [1.54, 1.807) is 0 Å². The van der Waals surface area contributed by atoms with Crippen LogP contribution in [0.5, 0.6) is 0 Å². The molecule has 1 heterocycles. The van der Waals surface area contributed by atoms with Crippen molar-refractivity contribution in [1.82, 2.24) is 10.6 Å². The number of hydrogen-bond acceptors (Lipinski definition) is 4. The molecule has 2 amide bonds. The molecule has 1 aliphatic rings. The summed E-state index contributed by atoms with van der Waals surface area (Å²) in [6.45, 7) is 0.561. The molecule has 1 rings (SSSR count). The number of carboxylic acid groups (broad SMARTS) is 1. The summed E-state index contributed by atoms with van der Waals surface area (Å²) in [4.78, 5) is 21.9. The van der Waals surface area contributed by atoms with Crippen molar-refractivity contribution in [2.24, 2.45) is 0 Å². The number of rotatable bonds is 6. The third-order valence-corrected chi connectivity index (χ3v) is 2.81. The van der Waals surface area contributed by atoms with E-state index in [-0.39, 0.29) is 6.10 Å². The minimum absolute atomic E-state index is 0.173. The number of hydrogen-bond donors (Lipinski definition) is 4. The van der Waals surface area contributed by atoms with Gasteiger partial charge in [0.1, 0.15) is 0 Å². The van der Waals surface area contributed by atoms with Gasteiger partial charge in [-0.2, -0.15) is 0 Å². The molecule has 0 radical (unpaired) electrons. The van der Waals surface area contributed by atoms with Crippen LogP contribution < -0.4 is 10.6 Å². The van der Waals surface area contributed by atoms with Gasteiger partial charge in [-0.15, -0.1) is 0 Å². The Morgan fingerprint density at radius 2 is 2.17 bits per heavy atom. The average Bonchev–Trinajstić information content (AvgIpc) is 2.37. The van der Waals surface area contributed by atoms with Crippen LogP contribution >= 0.6 is 0 Å². The lowest BCUT2D eigenvalue weighted by Gasteiger charge is -2.22. The predicted octanol–water partition coefficient (Wildman–Crippen LogP) is -0.310. The zero-order chi connectivity index (χ0) is 13.4. The van der Waals surface area contributed by atoms with Crippen molar-refractivity contribution in [3.8, 4) is 0 Å². The number of ether oxygens (including phenoxy) is 1. The fraction of sp³-hybridized carbons (Fsp3) is 0.818. The first kappa shape index (κ1) is 14.7. The van der Waals surface area contributed by atoms with E-state index in [0.717, 1.165) is 25.9 Å². The van der Waals surface area contributed by atoms with E-state index in [1.165, 1.54) is 0 Å². The monoisotopic (exact) mass is 260 g/mol. The maximum absolute atomic E-state index is 11.3. The van der Waals surface area contributed by atoms with Crippen LogP contribution in [0.1, 0.15) is 25.7 Å². The van der Waals surface area contributed by atoms with Gasteiger partial charge in [-0.1, -0.05) is 0 Å². The quantitative estimate of drug-likeness (QED) is 0.524. The summed E-state index contributed by atoms with van der Waals surface area (Å²) >= 11 is 0. The zero-order valence-electron chi connectivity index (χ0n) is 10.2. The molecule has 4 N–H and O–H groups in total. The Labute approximate surface area is 106 Å². The molecule has 0 spiro atoms. The number of carbonyl (C=O) groups excluding carboxylic acids is 1. The lowest BCUT2D eigenvalue weighted by molar-refractivity contribution is -0.140. The number of carboxylic acids is 1. The third kappa shape index (κ3) is 5.33. The van der Waals surface area contributed by atoms with Crippen molar-refractivity contribution in [1.29, 1.82) is 0 Å². The van der Waals surface area contributed by atoms with Crippen LogP contribution in [0.2, 0.25) is 0 Å². The van der Waals surface area contributed by atoms with Gasteiger partial charge in [0.25, 0.3) is 0 Å². The summed E-state index contributed by atoms with van der Waals surface area (Å²) in [5.41, 5.74) is 0. The van der Waals surface area contributed by atoms with Crippen molar-refractivity contribution in [2.75, 3.05) is 19.8 Å². The summed E-state index contributed by atoms with van der Waals surface area (Å²) in [6.07, 6.45) is 4.11. The highest BCUT2D eigenvalue weighted by atomic mass is 16.5. The fourth-order valence-corrected chi connectivity index (χ4v) is 1.78. The van der Waals surface area contributed by atoms with E-state index in [9.17, 15) is 9.59 Å². The number of aliphatic hydroxyl groups is 1. The fourth-order valence-electron chi connectivity index (χ4n) is 1.78. The Bertz CT molecular complexity index is 279. The lowest BCUT2D eigenvalue weighted by Crippen LogP contribution is -2.48. The molecule has 7 nitrogen and oxygen atoms in total. The topological polar surface area (TPSA) is 108 Å². The van der Waals surface area contributed by atoms with Crippen molar-refractivity contribution in [3.05, 3.63) is 0 Å². The number of nitrogens with one attached hydrogen (secondary N) is 2. The summed E-state index contributed by atoms with van der Waals surface area (Å²) in [7, 11) is 0. The molecule has 1 unspecified atom stereocenters. The smallest absolute Gasteiger partial charge is 0.328 e. The molecule has 0 aromatic heterocycles. The number of aliphatic carboxylic acids is 1. The van der Waals surface area contributed by atoms with Crippen LogP contribution in [0, 0.1) is 0 Å². The third-order valence-electron chi connectivity index (χ3n) is 2.81. The second-order valence-corrected chi connectivity index (χ2v) is 4.25. The highest BCUT2D eigenvalue weighted by Gasteiger charge is 2.19. The Balaban J connectivity index is 2.14. The molecule has 1 fully saturated rings. The molecule has 0 aliphatic carbocycles. The van der Waals surface area contributed by atoms with E-state index >= 15 is 0 Å². The van der Waals surface area contributed by atoms with E-state index in [2.05, 4.69) is 10.6 Å². The summed E-state index contributed by atoms with van der Waals surface area (Å²) < 4.78 is 5.49. The second-order valence-electron chi connectivity index (χ2n) is 4.25. The minimum Gasteiger partial charge on any atom is -0.480 e. The molecule has 1 aliphatic heterocycles. The van der Waals surface area contributed by atoms with Crippen molar-refractivity contribution in [2.45, 2.75) is 37.8 Å². The summed E-state index contributed by atoms with van der Waals surface area (Å²) in [5, 5.41) is 22.1.